The smallest absolute Gasteiger partial charge is 0.249 e. The fraction of sp³-hybridized carbons (Fsp3) is 0.0435. The number of rotatable bonds is 6. The summed E-state index contributed by atoms with van der Waals surface area (Å²) in [5, 5.41) is 16.6. The van der Waals surface area contributed by atoms with Crippen molar-refractivity contribution in [1.29, 1.82) is 5.26 Å². The highest BCUT2D eigenvalue weighted by molar-refractivity contribution is 6.36. The molecule has 0 spiro atoms. The van der Waals surface area contributed by atoms with Crippen molar-refractivity contribution in [3.63, 3.8) is 0 Å². The number of fused-ring (bicyclic) bond motifs is 1. The molecular formula is C23H15BClF2N9. The zero-order valence-electron chi connectivity index (χ0n) is 18.3. The lowest BCUT2D eigenvalue weighted by Gasteiger charge is -2.34. The molecule has 0 amide bonds. The summed E-state index contributed by atoms with van der Waals surface area (Å²) in [4.78, 5) is 11.9. The molecule has 9 nitrogen and oxygen atoms in total. The predicted molar refractivity (Wildman–Crippen MR) is 132 cm³/mol. The van der Waals surface area contributed by atoms with Gasteiger partial charge in [0.05, 0.1) is 44.8 Å². The molecule has 0 aliphatic carbocycles. The van der Waals surface area contributed by atoms with Gasteiger partial charge in [0.15, 0.2) is 5.82 Å². The number of pyridine rings is 3. The van der Waals surface area contributed by atoms with Gasteiger partial charge in [0, 0.05) is 41.9 Å². The Hall–Kier alpha value is -4.47. The van der Waals surface area contributed by atoms with Crippen LogP contribution in [-0.4, -0.2) is 22.8 Å². The molecule has 1 aliphatic heterocycles. The molecular weight excluding hydrogens is 487 g/mol. The molecule has 2 radical (unpaired) electrons. The normalized spacial score (nSPS) is 14.2. The van der Waals surface area contributed by atoms with Gasteiger partial charge in [-0.1, -0.05) is 17.7 Å². The SMILES string of the molecule is [B]C(Nc1cc(Cl)c2ncc(C#N)c(Nc3cnc(F)c(F)c3)c2c1)(C1=CNNN1)c1cccnc1. The molecule has 1 atom stereocenters. The number of nitrogens with one attached hydrogen (secondary N) is 5. The van der Waals surface area contributed by atoms with Crippen LogP contribution in [0, 0.1) is 23.1 Å². The molecule has 4 aromatic rings. The summed E-state index contributed by atoms with van der Waals surface area (Å²) in [5.74, 6) is -2.37. The summed E-state index contributed by atoms with van der Waals surface area (Å²) >= 11 is 6.57. The first kappa shape index (κ1) is 23.3. The van der Waals surface area contributed by atoms with E-state index in [2.05, 4.69) is 42.0 Å². The third-order valence-corrected chi connectivity index (χ3v) is 5.77. The molecule has 3 aromatic heterocycles. The van der Waals surface area contributed by atoms with Crippen molar-refractivity contribution >= 4 is 47.4 Å². The average molecular weight is 502 g/mol. The van der Waals surface area contributed by atoms with Gasteiger partial charge in [-0.2, -0.15) is 15.2 Å². The Bertz CT molecular complexity index is 1540. The summed E-state index contributed by atoms with van der Waals surface area (Å²) in [6.07, 6.45) is 7.35. The van der Waals surface area contributed by atoms with Crippen LogP contribution in [0.5, 0.6) is 0 Å². The Labute approximate surface area is 210 Å². The zero-order chi connectivity index (χ0) is 25.3. The minimum Gasteiger partial charge on any atom is -0.378 e. The summed E-state index contributed by atoms with van der Waals surface area (Å²) in [7, 11) is 6.83. The molecule has 36 heavy (non-hydrogen) atoms. The summed E-state index contributed by atoms with van der Waals surface area (Å²) in [6, 6.07) is 9.88. The van der Waals surface area contributed by atoms with Crippen LogP contribution in [0.1, 0.15) is 11.1 Å². The molecule has 13 heteroatoms. The van der Waals surface area contributed by atoms with Crippen molar-refractivity contribution in [2.75, 3.05) is 10.6 Å². The minimum atomic E-state index is -1.28. The van der Waals surface area contributed by atoms with Gasteiger partial charge in [-0.25, -0.2) is 9.37 Å². The maximum Gasteiger partial charge on any atom is 0.249 e. The number of aromatic nitrogens is 3. The van der Waals surface area contributed by atoms with E-state index < -0.39 is 17.2 Å². The van der Waals surface area contributed by atoms with Crippen molar-refractivity contribution < 1.29 is 8.78 Å². The van der Waals surface area contributed by atoms with E-state index in [1.54, 1.807) is 36.8 Å². The van der Waals surface area contributed by atoms with Crippen LogP contribution in [-0.2, 0) is 5.44 Å². The van der Waals surface area contributed by atoms with Gasteiger partial charge in [0.1, 0.15) is 13.9 Å². The van der Waals surface area contributed by atoms with Gasteiger partial charge in [0.2, 0.25) is 5.95 Å². The van der Waals surface area contributed by atoms with E-state index >= 15 is 0 Å². The number of hydrogen-bond donors (Lipinski definition) is 5. The topological polar surface area (TPSA) is 123 Å². The van der Waals surface area contributed by atoms with Crippen molar-refractivity contribution in [2.45, 2.75) is 5.44 Å². The number of nitriles is 1. The van der Waals surface area contributed by atoms with E-state index in [0.717, 1.165) is 12.3 Å². The first-order valence-electron chi connectivity index (χ1n) is 10.4. The number of hydrogen-bond acceptors (Lipinski definition) is 9. The molecule has 0 saturated carbocycles. The fourth-order valence-corrected chi connectivity index (χ4v) is 4.03. The maximum absolute atomic E-state index is 13.8. The predicted octanol–water partition coefficient (Wildman–Crippen LogP) is 3.46. The summed E-state index contributed by atoms with van der Waals surface area (Å²) < 4.78 is 27.1. The van der Waals surface area contributed by atoms with Crippen LogP contribution < -0.4 is 27.0 Å². The Kier molecular flexibility index (Phi) is 6.01. The fourth-order valence-electron chi connectivity index (χ4n) is 3.76. The number of benzene rings is 1. The van der Waals surface area contributed by atoms with Crippen LogP contribution in [0.15, 0.2) is 67.0 Å². The molecule has 1 aromatic carbocycles. The van der Waals surface area contributed by atoms with Gasteiger partial charge in [-0.3, -0.25) is 9.97 Å². The third-order valence-electron chi connectivity index (χ3n) is 5.48. The lowest BCUT2D eigenvalue weighted by atomic mass is 9.70. The van der Waals surface area contributed by atoms with E-state index in [4.69, 9.17) is 19.4 Å². The molecule has 0 saturated heterocycles. The van der Waals surface area contributed by atoms with Crippen LogP contribution >= 0.6 is 11.6 Å². The third kappa shape index (κ3) is 4.21. The average Bonchev–Trinajstić information content (AvgIpc) is 3.43. The van der Waals surface area contributed by atoms with Gasteiger partial charge in [-0.15, -0.1) is 0 Å². The first-order chi connectivity index (χ1) is 17.4. The monoisotopic (exact) mass is 501 g/mol. The van der Waals surface area contributed by atoms with E-state index in [1.165, 1.54) is 6.20 Å². The summed E-state index contributed by atoms with van der Waals surface area (Å²) in [5.41, 5.74) is 9.88. The van der Waals surface area contributed by atoms with Crippen molar-refractivity contribution in [3.8, 4) is 6.07 Å². The Morgan fingerprint density at radius 1 is 1.11 bits per heavy atom. The highest BCUT2D eigenvalue weighted by Gasteiger charge is 2.33. The molecule has 0 bridgehead atoms. The largest absolute Gasteiger partial charge is 0.378 e. The van der Waals surface area contributed by atoms with E-state index in [0.29, 0.717) is 27.9 Å². The number of hydrazine groups is 2. The van der Waals surface area contributed by atoms with Crippen molar-refractivity contribution in [1.82, 2.24) is 31.3 Å². The molecule has 1 unspecified atom stereocenters. The molecule has 5 N–H and O–H groups in total. The molecule has 5 rings (SSSR count). The second-order valence-corrected chi connectivity index (χ2v) is 8.17. The second-order valence-electron chi connectivity index (χ2n) is 7.76. The molecule has 1 aliphatic rings. The molecule has 4 heterocycles. The van der Waals surface area contributed by atoms with E-state index in [9.17, 15) is 14.0 Å². The Morgan fingerprint density at radius 3 is 2.67 bits per heavy atom. The van der Waals surface area contributed by atoms with E-state index in [1.807, 2.05) is 12.1 Å². The highest BCUT2D eigenvalue weighted by atomic mass is 35.5. The lowest BCUT2D eigenvalue weighted by molar-refractivity contribution is 0.480. The lowest BCUT2D eigenvalue weighted by Crippen LogP contribution is -2.44. The van der Waals surface area contributed by atoms with Crippen LogP contribution in [0.25, 0.3) is 10.9 Å². The zero-order valence-corrected chi connectivity index (χ0v) is 19.0. The molecule has 0 fully saturated rings. The number of nitrogens with zero attached hydrogens (tertiary/aromatic N) is 4. The minimum absolute atomic E-state index is 0.133. The maximum atomic E-state index is 13.8. The Morgan fingerprint density at radius 2 is 1.97 bits per heavy atom. The van der Waals surface area contributed by atoms with Crippen LogP contribution in [0.4, 0.5) is 25.8 Å². The highest BCUT2D eigenvalue weighted by Crippen LogP contribution is 2.37. The molecule has 176 valence electrons. The number of anilines is 3. The van der Waals surface area contributed by atoms with Crippen molar-refractivity contribution in [2.24, 2.45) is 0 Å². The van der Waals surface area contributed by atoms with Gasteiger partial charge < -0.3 is 21.5 Å². The quantitative estimate of drug-likeness (QED) is 0.200. The van der Waals surface area contributed by atoms with Crippen molar-refractivity contribution in [3.05, 3.63) is 94.9 Å². The van der Waals surface area contributed by atoms with E-state index in [-0.39, 0.29) is 22.0 Å². The second kappa shape index (κ2) is 9.29. The first-order valence-corrected chi connectivity index (χ1v) is 10.8. The Balaban J connectivity index is 1.63. The summed E-state index contributed by atoms with van der Waals surface area (Å²) in [6.45, 7) is 0. The number of halogens is 3. The van der Waals surface area contributed by atoms with Gasteiger partial charge in [-0.05, 0) is 23.8 Å². The standard InChI is InChI=1S/C23H15BClF2N9/c24-23(19-11-32-36-35-19,13-2-1-3-29-9-13)34-14-4-16-20(33-15-6-18(26)22(27)31-10-15)12(7-28)8-30-21(16)17(25)5-14/h1-6,8-11,32,34-36H,(H,30,33). The van der Waals surface area contributed by atoms with Crippen LogP contribution in [0.2, 0.25) is 5.02 Å². The van der Waals surface area contributed by atoms with Gasteiger partial charge >= 0.3 is 0 Å². The van der Waals surface area contributed by atoms with Gasteiger partial charge in [0.25, 0.3) is 0 Å². The van der Waals surface area contributed by atoms with Crippen LogP contribution in [0.3, 0.4) is 0 Å².